The average Bonchev–Trinajstić information content (AvgIpc) is 2.64. The van der Waals surface area contributed by atoms with Crippen molar-refractivity contribution in [2.45, 2.75) is 0 Å². The summed E-state index contributed by atoms with van der Waals surface area (Å²) in [5.41, 5.74) is 3.56. The maximum absolute atomic E-state index is 12.0. The fourth-order valence-corrected chi connectivity index (χ4v) is 2.17. The maximum atomic E-state index is 12.0. The summed E-state index contributed by atoms with van der Waals surface area (Å²) in [6.07, 6.45) is 0. The van der Waals surface area contributed by atoms with Gasteiger partial charge in [-0.2, -0.15) is 5.26 Å². The zero-order valence-electron chi connectivity index (χ0n) is 8.40. The molecule has 0 amide bonds. The summed E-state index contributed by atoms with van der Waals surface area (Å²) in [4.78, 5) is 12.0. The zero-order chi connectivity index (χ0) is 11.1. The van der Waals surface area contributed by atoms with Crippen LogP contribution >= 0.6 is 0 Å². The number of nitrogens with zero attached hydrogens (tertiary/aromatic N) is 1. The Morgan fingerprint density at radius 1 is 0.875 bits per heavy atom. The van der Waals surface area contributed by atoms with Gasteiger partial charge in [-0.05, 0) is 11.6 Å². The first kappa shape index (κ1) is 8.87. The first-order valence-corrected chi connectivity index (χ1v) is 5.00. The Morgan fingerprint density at radius 3 is 2.31 bits per heavy atom. The number of hydrogen-bond acceptors (Lipinski definition) is 2. The van der Waals surface area contributed by atoms with Gasteiger partial charge in [-0.15, -0.1) is 0 Å². The fourth-order valence-electron chi connectivity index (χ4n) is 2.17. The van der Waals surface area contributed by atoms with Gasteiger partial charge in [0.25, 0.3) is 0 Å². The Balaban J connectivity index is 2.45. The molecule has 2 nitrogen and oxygen atoms in total. The molecule has 0 saturated carbocycles. The lowest BCUT2D eigenvalue weighted by atomic mass is 10.0. The molecule has 3 rings (SSSR count). The highest BCUT2D eigenvalue weighted by molar-refractivity contribution is 6.22. The molecule has 0 aliphatic heterocycles. The second kappa shape index (κ2) is 3.04. The number of carbonyl (C=O) groups excluding carboxylic acids is 1. The van der Waals surface area contributed by atoms with Crippen LogP contribution in [-0.2, 0) is 0 Å². The molecule has 2 aromatic rings. The van der Waals surface area contributed by atoms with Crippen LogP contribution in [0.4, 0.5) is 0 Å². The van der Waals surface area contributed by atoms with Gasteiger partial charge >= 0.3 is 0 Å². The Bertz CT molecular complexity index is 650. The van der Waals surface area contributed by atoms with Crippen molar-refractivity contribution in [1.29, 1.82) is 5.26 Å². The molecule has 0 unspecified atom stereocenters. The van der Waals surface area contributed by atoms with E-state index in [1.165, 1.54) is 0 Å². The lowest BCUT2D eigenvalue weighted by Gasteiger charge is -2.00. The normalized spacial score (nSPS) is 11.8. The van der Waals surface area contributed by atoms with E-state index in [1.807, 2.05) is 18.2 Å². The smallest absolute Gasteiger partial charge is 0.194 e. The van der Waals surface area contributed by atoms with Crippen molar-refractivity contribution in [3.8, 4) is 17.2 Å². The summed E-state index contributed by atoms with van der Waals surface area (Å²) in [5, 5.41) is 9.05. The van der Waals surface area contributed by atoms with Crippen LogP contribution in [0.5, 0.6) is 0 Å². The van der Waals surface area contributed by atoms with E-state index in [1.54, 1.807) is 24.3 Å². The molecule has 2 heteroatoms. The van der Waals surface area contributed by atoms with E-state index in [9.17, 15) is 4.79 Å². The van der Waals surface area contributed by atoms with E-state index >= 15 is 0 Å². The first-order valence-electron chi connectivity index (χ1n) is 5.00. The predicted octanol–water partition coefficient (Wildman–Crippen LogP) is 2.77. The molecule has 16 heavy (non-hydrogen) atoms. The molecule has 2 aromatic carbocycles. The Kier molecular flexibility index (Phi) is 1.69. The van der Waals surface area contributed by atoms with Gasteiger partial charge in [0.05, 0.1) is 11.6 Å². The summed E-state index contributed by atoms with van der Waals surface area (Å²) in [7, 11) is 0. The number of ketones is 1. The number of fused-ring (bicyclic) bond motifs is 3. The molecule has 0 atom stereocenters. The highest BCUT2D eigenvalue weighted by atomic mass is 16.1. The largest absolute Gasteiger partial charge is 0.289 e. The lowest BCUT2D eigenvalue weighted by molar-refractivity contribution is 0.104. The zero-order valence-corrected chi connectivity index (χ0v) is 8.40. The fraction of sp³-hybridized carbons (Fsp3) is 0. The SMILES string of the molecule is N#Cc1cccc2c1-c1ccccc1C2=O. The van der Waals surface area contributed by atoms with Gasteiger partial charge in [0, 0.05) is 16.7 Å². The average molecular weight is 205 g/mol. The molecule has 1 aliphatic carbocycles. The van der Waals surface area contributed by atoms with Crippen LogP contribution in [0.1, 0.15) is 21.5 Å². The second-order valence-electron chi connectivity index (χ2n) is 3.71. The summed E-state index contributed by atoms with van der Waals surface area (Å²) in [6.45, 7) is 0. The van der Waals surface area contributed by atoms with Crippen molar-refractivity contribution in [3.05, 3.63) is 59.2 Å². The highest BCUT2D eigenvalue weighted by Gasteiger charge is 2.27. The van der Waals surface area contributed by atoms with Crippen LogP contribution in [0, 0.1) is 11.3 Å². The molecule has 0 saturated heterocycles. The Hall–Kier alpha value is -2.40. The first-order chi connectivity index (χ1) is 7.83. The molecule has 1 aliphatic rings. The second-order valence-corrected chi connectivity index (χ2v) is 3.71. The van der Waals surface area contributed by atoms with Gasteiger partial charge in [0.1, 0.15) is 0 Å². The van der Waals surface area contributed by atoms with Crippen LogP contribution in [0.2, 0.25) is 0 Å². The van der Waals surface area contributed by atoms with Crippen molar-refractivity contribution < 1.29 is 4.79 Å². The summed E-state index contributed by atoms with van der Waals surface area (Å²) in [5.74, 6) is 0.0164. The molecular weight excluding hydrogens is 198 g/mol. The summed E-state index contributed by atoms with van der Waals surface area (Å²) < 4.78 is 0. The van der Waals surface area contributed by atoms with Crippen molar-refractivity contribution in [2.24, 2.45) is 0 Å². The van der Waals surface area contributed by atoms with Crippen LogP contribution < -0.4 is 0 Å². The molecular formula is C14H7NO. The van der Waals surface area contributed by atoms with Crippen molar-refractivity contribution in [2.75, 3.05) is 0 Å². The molecule has 74 valence electrons. The van der Waals surface area contributed by atoms with Crippen molar-refractivity contribution in [1.82, 2.24) is 0 Å². The number of hydrogen-bond donors (Lipinski definition) is 0. The van der Waals surface area contributed by atoms with Crippen molar-refractivity contribution >= 4 is 5.78 Å². The predicted molar refractivity (Wildman–Crippen MR) is 60.0 cm³/mol. The van der Waals surface area contributed by atoms with Gasteiger partial charge in [0.15, 0.2) is 5.78 Å². The monoisotopic (exact) mass is 205 g/mol. The lowest BCUT2D eigenvalue weighted by Crippen LogP contribution is -1.94. The van der Waals surface area contributed by atoms with E-state index in [0.29, 0.717) is 16.7 Å². The Labute approximate surface area is 92.8 Å². The minimum Gasteiger partial charge on any atom is -0.289 e. The van der Waals surface area contributed by atoms with E-state index in [-0.39, 0.29) is 5.78 Å². The minimum atomic E-state index is 0.0164. The van der Waals surface area contributed by atoms with E-state index in [2.05, 4.69) is 6.07 Å². The Morgan fingerprint density at radius 2 is 1.56 bits per heavy atom. The topological polar surface area (TPSA) is 40.9 Å². The van der Waals surface area contributed by atoms with Gasteiger partial charge in [-0.1, -0.05) is 36.4 Å². The summed E-state index contributed by atoms with van der Waals surface area (Å²) in [6, 6.07) is 14.8. The van der Waals surface area contributed by atoms with Gasteiger partial charge in [-0.25, -0.2) is 0 Å². The molecule has 0 bridgehead atoms. The third kappa shape index (κ3) is 0.973. The standard InChI is InChI=1S/C14H7NO/c15-8-9-4-3-7-12-13(9)10-5-1-2-6-11(10)14(12)16/h1-7H. The molecule has 0 spiro atoms. The molecule has 0 aromatic heterocycles. The van der Waals surface area contributed by atoms with Gasteiger partial charge in [0.2, 0.25) is 0 Å². The van der Waals surface area contributed by atoms with E-state index < -0.39 is 0 Å². The van der Waals surface area contributed by atoms with Crippen molar-refractivity contribution in [3.63, 3.8) is 0 Å². The van der Waals surface area contributed by atoms with Gasteiger partial charge in [-0.3, -0.25) is 4.79 Å². The minimum absolute atomic E-state index is 0.0164. The number of carbonyl (C=O) groups is 1. The number of benzene rings is 2. The third-order valence-electron chi connectivity index (χ3n) is 2.87. The van der Waals surface area contributed by atoms with Crippen LogP contribution in [0.25, 0.3) is 11.1 Å². The molecule has 0 fully saturated rings. The quantitative estimate of drug-likeness (QED) is 0.566. The molecule has 0 radical (unpaired) electrons. The highest BCUT2D eigenvalue weighted by Crippen LogP contribution is 2.38. The number of rotatable bonds is 0. The molecule has 0 heterocycles. The third-order valence-corrected chi connectivity index (χ3v) is 2.87. The van der Waals surface area contributed by atoms with Crippen LogP contribution in [-0.4, -0.2) is 5.78 Å². The molecule has 0 N–H and O–H groups in total. The number of nitriles is 1. The maximum Gasteiger partial charge on any atom is 0.194 e. The van der Waals surface area contributed by atoms with E-state index in [0.717, 1.165) is 11.1 Å². The van der Waals surface area contributed by atoms with Gasteiger partial charge < -0.3 is 0 Å². The van der Waals surface area contributed by atoms with E-state index in [4.69, 9.17) is 5.26 Å². The van der Waals surface area contributed by atoms with Crippen LogP contribution in [0.3, 0.4) is 0 Å². The van der Waals surface area contributed by atoms with Crippen LogP contribution in [0.15, 0.2) is 42.5 Å². The summed E-state index contributed by atoms with van der Waals surface area (Å²) >= 11 is 0.